The second kappa shape index (κ2) is 11.9. The van der Waals surface area contributed by atoms with Crippen molar-refractivity contribution in [2.75, 3.05) is 21.3 Å². The molecule has 0 unspecified atom stereocenters. The Morgan fingerprint density at radius 1 is 1.04 bits per heavy atom. The van der Waals surface area contributed by atoms with E-state index >= 15 is 0 Å². The number of pyridine rings is 1. The van der Waals surface area contributed by atoms with Gasteiger partial charge in [-0.25, -0.2) is 0 Å². The van der Waals surface area contributed by atoms with Gasteiger partial charge in [-0.1, -0.05) is 0 Å². The lowest BCUT2D eigenvalue weighted by molar-refractivity contribution is -0.699. The summed E-state index contributed by atoms with van der Waals surface area (Å²) in [6.07, 6.45) is 7.66. The molecule has 0 aliphatic carbocycles. The average Bonchev–Trinajstić information content (AvgIpc) is 2.69. The molecule has 0 saturated carbocycles. The number of unbranched alkanes of at least 4 members (excludes halogenated alkanes) is 1. The topological polar surface area (TPSA) is 68.9 Å². The number of carbonyl (C=O) groups is 1. The second-order valence-electron chi connectivity index (χ2n) is 5.96. The fourth-order valence-electron chi connectivity index (χ4n) is 2.78. The van der Waals surface area contributed by atoms with Gasteiger partial charge in [0.25, 0.3) is 0 Å². The minimum absolute atomic E-state index is 0. The monoisotopic (exact) mass is 407 g/mol. The molecule has 0 saturated heterocycles. The van der Waals surface area contributed by atoms with Crippen molar-refractivity contribution in [3.8, 4) is 17.2 Å². The molecule has 0 fully saturated rings. The molecule has 1 heterocycles. The summed E-state index contributed by atoms with van der Waals surface area (Å²) < 4.78 is 18.2. The lowest BCUT2D eigenvalue weighted by Crippen LogP contribution is -3.00. The van der Waals surface area contributed by atoms with Gasteiger partial charge in [0.05, 0.1) is 21.3 Å². The molecule has 1 N–H and O–H groups in total. The van der Waals surface area contributed by atoms with E-state index < -0.39 is 5.97 Å². The summed E-state index contributed by atoms with van der Waals surface area (Å²) in [6.45, 7) is 0.767. The van der Waals surface area contributed by atoms with E-state index in [0.717, 1.165) is 24.2 Å². The van der Waals surface area contributed by atoms with Gasteiger partial charge in [0.15, 0.2) is 17.7 Å². The van der Waals surface area contributed by atoms with E-state index in [2.05, 4.69) is 4.57 Å². The van der Waals surface area contributed by atoms with Crippen molar-refractivity contribution in [3.05, 3.63) is 47.8 Å². The second-order valence-corrected chi connectivity index (χ2v) is 5.96. The smallest absolute Gasteiger partial charge is 0.303 e. The van der Waals surface area contributed by atoms with E-state index in [-0.39, 0.29) is 18.8 Å². The highest BCUT2D eigenvalue weighted by Gasteiger charge is 2.12. The van der Waals surface area contributed by atoms with Crippen molar-refractivity contribution in [2.45, 2.75) is 25.8 Å². The summed E-state index contributed by atoms with van der Waals surface area (Å²) in [4.78, 5) is 10.6. The molecule has 0 bridgehead atoms. The van der Waals surface area contributed by atoms with Crippen LogP contribution in [0.25, 0.3) is 12.2 Å². The quantitative estimate of drug-likeness (QED) is 0.457. The Hall–Kier alpha value is -2.73. The van der Waals surface area contributed by atoms with Crippen LogP contribution in [0, 0.1) is 0 Å². The molecular formula is C21H26ClNO5. The van der Waals surface area contributed by atoms with Gasteiger partial charge < -0.3 is 31.7 Å². The Morgan fingerprint density at radius 2 is 1.71 bits per heavy atom. The molecule has 0 aliphatic rings. The molecule has 0 amide bonds. The number of benzene rings is 1. The predicted octanol–water partition coefficient (Wildman–Crippen LogP) is 0.429. The van der Waals surface area contributed by atoms with Gasteiger partial charge in [0.2, 0.25) is 11.4 Å². The van der Waals surface area contributed by atoms with Gasteiger partial charge in [-0.05, 0) is 36.3 Å². The number of halogens is 1. The van der Waals surface area contributed by atoms with Gasteiger partial charge in [0.1, 0.15) is 6.54 Å². The van der Waals surface area contributed by atoms with Crippen molar-refractivity contribution < 1.29 is 41.1 Å². The van der Waals surface area contributed by atoms with Gasteiger partial charge >= 0.3 is 5.97 Å². The minimum atomic E-state index is -0.754. The first kappa shape index (κ1) is 23.3. The highest BCUT2D eigenvalue weighted by molar-refractivity contribution is 5.71. The number of rotatable bonds is 10. The van der Waals surface area contributed by atoms with Crippen LogP contribution in [0.15, 0.2) is 36.5 Å². The largest absolute Gasteiger partial charge is 1.00 e. The molecule has 0 aliphatic heterocycles. The van der Waals surface area contributed by atoms with Gasteiger partial charge in [-0.2, -0.15) is 4.57 Å². The number of carboxylic acids is 1. The number of nitrogens with zero attached hydrogens (tertiary/aromatic N) is 1. The van der Waals surface area contributed by atoms with E-state index in [1.165, 1.54) is 0 Å². The molecule has 152 valence electrons. The summed E-state index contributed by atoms with van der Waals surface area (Å²) in [6, 6.07) is 9.73. The first-order valence-electron chi connectivity index (χ1n) is 8.77. The lowest BCUT2D eigenvalue weighted by Gasteiger charge is -2.12. The number of hydrogen-bond acceptors (Lipinski definition) is 4. The van der Waals surface area contributed by atoms with Crippen molar-refractivity contribution >= 4 is 18.1 Å². The third kappa shape index (κ3) is 6.46. The zero-order valence-corrected chi connectivity index (χ0v) is 17.1. The standard InChI is InChI=1S/C21H25NO5.ClH/c1-25-18-14-16(15-19(26-2)21(18)27-3)10-11-17-8-4-6-12-22(17)13-7-5-9-20(23)24;/h4,6,8,10-12,14-15H,5,7,9,13H2,1-3H3;1H/b11-10+;. The Labute approximate surface area is 171 Å². The SMILES string of the molecule is COc1cc(/C=C/c2cccc[n+]2CCCCC(=O)O)cc(OC)c1OC.[Cl-]. The van der Waals surface area contributed by atoms with Crippen LogP contribution in [0.3, 0.4) is 0 Å². The van der Waals surface area contributed by atoms with Crippen LogP contribution in [0.2, 0.25) is 0 Å². The van der Waals surface area contributed by atoms with Crippen LogP contribution in [0.1, 0.15) is 30.5 Å². The zero-order chi connectivity index (χ0) is 19.6. The van der Waals surface area contributed by atoms with Crippen LogP contribution in [0.4, 0.5) is 0 Å². The molecule has 7 heteroatoms. The molecule has 2 rings (SSSR count). The normalized spacial score (nSPS) is 10.4. The van der Waals surface area contributed by atoms with E-state index in [4.69, 9.17) is 19.3 Å². The summed E-state index contributed by atoms with van der Waals surface area (Å²) in [5.41, 5.74) is 1.95. The molecule has 0 atom stereocenters. The van der Waals surface area contributed by atoms with Crippen molar-refractivity contribution in [1.29, 1.82) is 0 Å². The van der Waals surface area contributed by atoms with Crippen LogP contribution in [0.5, 0.6) is 17.2 Å². The summed E-state index contributed by atoms with van der Waals surface area (Å²) in [5.74, 6) is 1.01. The third-order valence-electron chi connectivity index (χ3n) is 4.15. The van der Waals surface area contributed by atoms with Gasteiger partial charge in [-0.15, -0.1) is 0 Å². The van der Waals surface area contributed by atoms with Gasteiger partial charge in [-0.3, -0.25) is 4.79 Å². The molecule has 0 radical (unpaired) electrons. The molecular weight excluding hydrogens is 382 g/mol. The van der Waals surface area contributed by atoms with Crippen LogP contribution in [-0.4, -0.2) is 32.4 Å². The van der Waals surface area contributed by atoms with E-state index in [1.807, 2.05) is 48.7 Å². The highest BCUT2D eigenvalue weighted by Crippen LogP contribution is 2.38. The number of ether oxygens (including phenoxy) is 3. The van der Waals surface area contributed by atoms with Crippen molar-refractivity contribution in [1.82, 2.24) is 0 Å². The van der Waals surface area contributed by atoms with Gasteiger partial charge in [0, 0.05) is 31.1 Å². The summed E-state index contributed by atoms with van der Waals surface area (Å²) in [7, 11) is 4.76. The Morgan fingerprint density at radius 3 is 2.29 bits per heavy atom. The van der Waals surface area contributed by atoms with Crippen LogP contribution in [-0.2, 0) is 11.3 Å². The number of aliphatic carboxylic acids is 1. The summed E-state index contributed by atoms with van der Waals surface area (Å²) >= 11 is 0. The first-order valence-corrected chi connectivity index (χ1v) is 8.77. The predicted molar refractivity (Wildman–Crippen MR) is 103 cm³/mol. The third-order valence-corrected chi connectivity index (χ3v) is 4.15. The maximum absolute atomic E-state index is 10.6. The fourth-order valence-corrected chi connectivity index (χ4v) is 2.78. The number of methoxy groups -OCH3 is 3. The number of aryl methyl sites for hydroxylation is 1. The lowest BCUT2D eigenvalue weighted by atomic mass is 10.1. The maximum Gasteiger partial charge on any atom is 0.303 e. The first-order chi connectivity index (χ1) is 13.1. The fraction of sp³-hybridized carbons (Fsp3) is 0.333. The molecule has 28 heavy (non-hydrogen) atoms. The highest BCUT2D eigenvalue weighted by atomic mass is 35.5. The average molecular weight is 408 g/mol. The Kier molecular flexibility index (Phi) is 9.88. The molecule has 1 aromatic heterocycles. The zero-order valence-electron chi connectivity index (χ0n) is 16.4. The van der Waals surface area contributed by atoms with E-state index in [0.29, 0.717) is 23.7 Å². The van der Waals surface area contributed by atoms with E-state index in [9.17, 15) is 4.79 Å². The van der Waals surface area contributed by atoms with Crippen LogP contribution >= 0.6 is 0 Å². The number of aromatic nitrogens is 1. The van der Waals surface area contributed by atoms with Crippen molar-refractivity contribution in [3.63, 3.8) is 0 Å². The van der Waals surface area contributed by atoms with Crippen molar-refractivity contribution in [2.24, 2.45) is 0 Å². The molecule has 0 spiro atoms. The minimum Gasteiger partial charge on any atom is -1.00 e. The number of carboxylic acid groups (broad SMARTS) is 1. The summed E-state index contributed by atoms with van der Waals surface area (Å²) in [5, 5.41) is 8.75. The maximum atomic E-state index is 10.6. The molecule has 1 aromatic carbocycles. The van der Waals surface area contributed by atoms with Crippen LogP contribution < -0.4 is 31.2 Å². The Balaban J connectivity index is 0.00000392. The molecule has 2 aromatic rings. The Bertz CT molecular complexity index is 782. The molecule has 6 nitrogen and oxygen atoms in total. The van der Waals surface area contributed by atoms with E-state index in [1.54, 1.807) is 21.3 Å². The number of hydrogen-bond donors (Lipinski definition) is 1.